The van der Waals surface area contributed by atoms with E-state index in [4.69, 9.17) is 9.47 Å². The number of benzene rings is 1. The van der Waals surface area contributed by atoms with E-state index in [2.05, 4.69) is 15.3 Å². The van der Waals surface area contributed by atoms with E-state index in [0.717, 1.165) is 11.1 Å². The molecule has 2 N–H and O–H groups in total. The molecule has 1 aromatic heterocycles. The first kappa shape index (κ1) is 25.2. The third-order valence-electron chi connectivity index (χ3n) is 5.33. The van der Waals surface area contributed by atoms with Gasteiger partial charge in [0.15, 0.2) is 0 Å². The van der Waals surface area contributed by atoms with Gasteiger partial charge in [-0.15, -0.1) is 0 Å². The van der Waals surface area contributed by atoms with Crippen molar-refractivity contribution in [3.05, 3.63) is 47.8 Å². The number of carbonyl (C=O) groups is 2. The highest BCUT2D eigenvalue weighted by Gasteiger charge is 2.46. The number of nitrogens with one attached hydrogen (secondary N) is 1. The molecular weight excluding hydrogens is 434 g/mol. The minimum Gasteiger partial charge on any atom is -0.507 e. The normalized spacial score (nSPS) is 17.2. The zero-order valence-electron chi connectivity index (χ0n) is 21.0. The van der Waals surface area contributed by atoms with Crippen LogP contribution in [0.4, 0.5) is 11.4 Å². The highest BCUT2D eigenvalue weighted by Crippen LogP contribution is 2.41. The van der Waals surface area contributed by atoms with Crippen LogP contribution in [-0.2, 0) is 29.9 Å². The molecule has 1 fully saturated rings. The van der Waals surface area contributed by atoms with Gasteiger partial charge >= 0.3 is 11.9 Å². The fourth-order valence-electron chi connectivity index (χ4n) is 3.66. The number of ether oxygens (including phenoxy) is 2. The first-order valence-corrected chi connectivity index (χ1v) is 11.2. The molecule has 34 heavy (non-hydrogen) atoms. The first-order valence-electron chi connectivity index (χ1n) is 11.2. The summed E-state index contributed by atoms with van der Waals surface area (Å²) < 4.78 is 10.7. The van der Waals surface area contributed by atoms with Crippen molar-refractivity contribution in [3.8, 4) is 5.75 Å². The number of esters is 2. The maximum Gasteiger partial charge on any atom is 0.331 e. The second-order valence-electron chi connectivity index (χ2n) is 10.9. The van der Waals surface area contributed by atoms with Crippen molar-refractivity contribution in [2.45, 2.75) is 72.0 Å². The molecule has 1 saturated heterocycles. The van der Waals surface area contributed by atoms with Gasteiger partial charge in [-0.25, -0.2) is 4.99 Å². The van der Waals surface area contributed by atoms with Gasteiger partial charge in [0.05, 0.1) is 11.9 Å². The van der Waals surface area contributed by atoms with E-state index in [1.54, 1.807) is 30.5 Å². The Hall–Kier alpha value is -3.42. The predicted octanol–water partition coefficient (Wildman–Crippen LogP) is 4.98. The van der Waals surface area contributed by atoms with Gasteiger partial charge in [0, 0.05) is 36.9 Å². The summed E-state index contributed by atoms with van der Waals surface area (Å²) >= 11 is 0. The number of hydrogen-bond donors (Lipinski definition) is 2. The highest BCUT2D eigenvalue weighted by molar-refractivity contribution is 6.21. The lowest BCUT2D eigenvalue weighted by atomic mass is 9.79. The van der Waals surface area contributed by atoms with Crippen molar-refractivity contribution < 1.29 is 24.2 Å². The summed E-state index contributed by atoms with van der Waals surface area (Å²) in [7, 11) is 0. The van der Waals surface area contributed by atoms with Gasteiger partial charge in [-0.05, 0) is 35.1 Å². The molecule has 0 atom stereocenters. The van der Waals surface area contributed by atoms with Crippen molar-refractivity contribution in [3.63, 3.8) is 0 Å². The van der Waals surface area contributed by atoms with E-state index in [1.165, 1.54) is 20.0 Å². The number of nitrogens with zero attached hydrogens (tertiary/aromatic N) is 2. The van der Waals surface area contributed by atoms with Crippen molar-refractivity contribution >= 4 is 29.1 Å². The molecule has 1 aliphatic heterocycles. The van der Waals surface area contributed by atoms with E-state index < -0.39 is 23.6 Å². The van der Waals surface area contributed by atoms with Crippen LogP contribution in [0.25, 0.3) is 0 Å². The number of cyclic esters (lactones) is 2. The van der Waals surface area contributed by atoms with Gasteiger partial charge in [-0.2, -0.15) is 0 Å². The summed E-state index contributed by atoms with van der Waals surface area (Å²) in [6.45, 7) is 15.0. The number of rotatable bonds is 3. The second-order valence-corrected chi connectivity index (χ2v) is 10.9. The number of phenolic OH excluding ortho intramolecular Hbond substituents is 1. The third-order valence-corrected chi connectivity index (χ3v) is 5.33. The lowest BCUT2D eigenvalue weighted by molar-refractivity contribution is -0.235. The number of aromatic nitrogens is 1. The Kier molecular flexibility index (Phi) is 6.48. The zero-order chi connectivity index (χ0) is 25.5. The number of aliphatic imine (C=N–C) groups is 1. The average molecular weight is 468 g/mol. The number of pyridine rings is 1. The molecule has 0 amide bonds. The fourth-order valence-corrected chi connectivity index (χ4v) is 3.66. The van der Waals surface area contributed by atoms with Gasteiger partial charge < -0.3 is 19.9 Å². The van der Waals surface area contributed by atoms with Gasteiger partial charge in [-0.3, -0.25) is 14.6 Å². The van der Waals surface area contributed by atoms with Crippen LogP contribution in [0, 0.1) is 5.92 Å². The Morgan fingerprint density at radius 2 is 1.56 bits per heavy atom. The molecule has 1 aliphatic rings. The number of aromatic hydroxyl groups is 1. The van der Waals surface area contributed by atoms with Crippen LogP contribution < -0.4 is 5.32 Å². The van der Waals surface area contributed by atoms with Crippen molar-refractivity contribution in [2.24, 2.45) is 10.9 Å². The summed E-state index contributed by atoms with van der Waals surface area (Å²) in [5.74, 6) is -4.03. The molecule has 0 radical (unpaired) electrons. The van der Waals surface area contributed by atoms with Gasteiger partial charge in [0.1, 0.15) is 11.6 Å². The number of hydrogen-bond acceptors (Lipinski definition) is 7. The SMILES string of the molecule is CC1(C)OC(=O)C(C(=Nc2cccnc2)Nc2cc(C(C)(C)C)c(O)c(C(C)(C)C)c2)C(=O)O1. The Morgan fingerprint density at radius 3 is 2.00 bits per heavy atom. The number of anilines is 1. The molecule has 0 spiro atoms. The molecule has 0 unspecified atom stereocenters. The van der Waals surface area contributed by atoms with Crippen LogP contribution in [-0.4, -0.2) is 33.7 Å². The van der Waals surface area contributed by atoms with Gasteiger partial charge in [-0.1, -0.05) is 41.5 Å². The monoisotopic (exact) mass is 467 g/mol. The Bertz CT molecular complexity index is 1070. The summed E-state index contributed by atoms with van der Waals surface area (Å²) in [5.41, 5.74) is 1.72. The average Bonchev–Trinajstić information content (AvgIpc) is 2.66. The highest BCUT2D eigenvalue weighted by atomic mass is 16.7. The number of carbonyl (C=O) groups excluding carboxylic acids is 2. The summed E-state index contributed by atoms with van der Waals surface area (Å²) in [6, 6.07) is 7.00. The van der Waals surface area contributed by atoms with Crippen LogP contribution in [0.1, 0.15) is 66.5 Å². The topological polar surface area (TPSA) is 110 Å². The van der Waals surface area contributed by atoms with Crippen LogP contribution in [0.3, 0.4) is 0 Å². The van der Waals surface area contributed by atoms with Crippen LogP contribution in [0.15, 0.2) is 41.7 Å². The maximum absolute atomic E-state index is 12.8. The van der Waals surface area contributed by atoms with E-state index in [0.29, 0.717) is 11.4 Å². The lowest BCUT2D eigenvalue weighted by Gasteiger charge is -2.33. The molecule has 2 aromatic rings. The molecule has 3 rings (SSSR count). The van der Waals surface area contributed by atoms with Gasteiger partial charge in [0.2, 0.25) is 5.92 Å². The smallest absolute Gasteiger partial charge is 0.331 e. The molecule has 0 saturated carbocycles. The molecule has 8 heteroatoms. The summed E-state index contributed by atoms with van der Waals surface area (Å²) in [6.07, 6.45) is 3.12. The maximum atomic E-state index is 12.8. The predicted molar refractivity (Wildman–Crippen MR) is 130 cm³/mol. The molecule has 2 heterocycles. The molecular formula is C26H33N3O5. The molecule has 1 aromatic carbocycles. The third kappa shape index (κ3) is 5.55. The van der Waals surface area contributed by atoms with Crippen molar-refractivity contribution in [1.29, 1.82) is 0 Å². The van der Waals surface area contributed by atoms with E-state index in [-0.39, 0.29) is 22.4 Å². The minimum absolute atomic E-state index is 0.0453. The largest absolute Gasteiger partial charge is 0.507 e. The van der Waals surface area contributed by atoms with Crippen LogP contribution in [0.2, 0.25) is 0 Å². The number of amidine groups is 1. The summed E-state index contributed by atoms with van der Waals surface area (Å²) in [5, 5.41) is 14.2. The van der Waals surface area contributed by atoms with Crippen LogP contribution in [0.5, 0.6) is 5.75 Å². The van der Waals surface area contributed by atoms with E-state index in [1.807, 2.05) is 41.5 Å². The van der Waals surface area contributed by atoms with Crippen molar-refractivity contribution in [1.82, 2.24) is 4.98 Å². The first-order chi connectivity index (χ1) is 15.6. The minimum atomic E-state index is -1.40. The fraction of sp³-hybridized carbons (Fsp3) is 0.462. The molecule has 0 bridgehead atoms. The van der Waals surface area contributed by atoms with E-state index >= 15 is 0 Å². The van der Waals surface area contributed by atoms with Gasteiger partial charge in [0.25, 0.3) is 5.79 Å². The Labute approximate surface area is 200 Å². The van der Waals surface area contributed by atoms with E-state index in [9.17, 15) is 14.7 Å². The van der Waals surface area contributed by atoms with Crippen LogP contribution >= 0.6 is 0 Å². The Morgan fingerprint density at radius 1 is 1.03 bits per heavy atom. The second kappa shape index (κ2) is 8.74. The standard InChI is InChI=1S/C26H33N3O5/c1-24(2,3)17-12-16(13-18(20(17)30)25(4,5)6)29-21(28-15-10-9-11-27-14-15)19-22(31)33-26(7,8)34-23(19)32/h9-14,19,30H,1-8H3,(H,28,29). The summed E-state index contributed by atoms with van der Waals surface area (Å²) in [4.78, 5) is 34.3. The molecule has 0 aliphatic carbocycles. The lowest BCUT2D eigenvalue weighted by Crippen LogP contribution is -2.50. The Balaban J connectivity index is 2.15. The number of phenols is 1. The quantitative estimate of drug-likeness (QED) is 0.215. The molecule has 182 valence electrons. The molecule has 8 nitrogen and oxygen atoms in total. The zero-order valence-corrected chi connectivity index (χ0v) is 21.0. The van der Waals surface area contributed by atoms with Crippen molar-refractivity contribution in [2.75, 3.05) is 5.32 Å².